The van der Waals surface area contributed by atoms with Gasteiger partial charge in [-0.2, -0.15) is 0 Å². The molecule has 10 nitrogen and oxygen atoms in total. The number of aliphatic carboxylic acids is 1. The highest BCUT2D eigenvalue weighted by Gasteiger charge is 2.38. The zero-order valence-corrected chi connectivity index (χ0v) is 14.6. The first-order chi connectivity index (χ1) is 11.6. The van der Waals surface area contributed by atoms with E-state index >= 15 is 0 Å². The SMILES string of the molecule is CC(NC(=O)C(C)NC(=O)C1CCCN1C(=O)C(N)C(C)O)C(=O)O. The second-order valence-electron chi connectivity index (χ2n) is 6.25. The van der Waals surface area contributed by atoms with Crippen LogP contribution >= 0.6 is 0 Å². The largest absolute Gasteiger partial charge is 0.480 e. The molecule has 1 rings (SSSR count). The van der Waals surface area contributed by atoms with Gasteiger partial charge in [-0.05, 0) is 33.6 Å². The monoisotopic (exact) mass is 358 g/mol. The Morgan fingerprint density at radius 2 is 1.72 bits per heavy atom. The van der Waals surface area contributed by atoms with E-state index in [0.29, 0.717) is 19.4 Å². The van der Waals surface area contributed by atoms with Crippen molar-refractivity contribution >= 4 is 23.7 Å². The highest BCUT2D eigenvalue weighted by Crippen LogP contribution is 2.19. The summed E-state index contributed by atoms with van der Waals surface area (Å²) in [5.74, 6) is -2.87. The van der Waals surface area contributed by atoms with Crippen LogP contribution in [0.5, 0.6) is 0 Å². The number of hydrogen-bond donors (Lipinski definition) is 5. The standard InChI is InChI=1S/C15H26N4O6/c1-7(12(21)18-8(2)15(24)25)17-13(22)10-5-4-6-19(10)14(23)11(16)9(3)20/h7-11,20H,4-6,16H2,1-3H3,(H,17,22)(H,18,21)(H,24,25). The molecular weight excluding hydrogens is 332 g/mol. The molecule has 0 aromatic rings. The molecule has 1 aliphatic rings. The van der Waals surface area contributed by atoms with Crippen LogP contribution in [0.2, 0.25) is 0 Å². The van der Waals surface area contributed by atoms with E-state index in [4.69, 9.17) is 10.8 Å². The summed E-state index contributed by atoms with van der Waals surface area (Å²) in [6.07, 6.45) is -0.0178. The van der Waals surface area contributed by atoms with Crippen molar-refractivity contribution in [3.63, 3.8) is 0 Å². The first-order valence-corrected chi connectivity index (χ1v) is 8.14. The molecule has 1 fully saturated rings. The number of aliphatic hydroxyl groups is 1. The van der Waals surface area contributed by atoms with Crippen LogP contribution < -0.4 is 16.4 Å². The lowest BCUT2D eigenvalue weighted by molar-refractivity contribution is -0.143. The van der Waals surface area contributed by atoms with Gasteiger partial charge in [-0.1, -0.05) is 0 Å². The Bertz CT molecular complexity index is 538. The van der Waals surface area contributed by atoms with Crippen molar-refractivity contribution in [2.75, 3.05) is 6.54 Å². The van der Waals surface area contributed by atoms with E-state index < -0.39 is 54.0 Å². The van der Waals surface area contributed by atoms with Gasteiger partial charge in [0.2, 0.25) is 17.7 Å². The Balaban J connectivity index is 2.67. The molecule has 142 valence electrons. The molecule has 3 amide bonds. The third-order valence-corrected chi connectivity index (χ3v) is 4.12. The molecule has 1 saturated heterocycles. The van der Waals surface area contributed by atoms with Gasteiger partial charge in [0, 0.05) is 6.54 Å². The molecule has 1 aliphatic heterocycles. The molecule has 0 aliphatic carbocycles. The lowest BCUT2D eigenvalue weighted by Crippen LogP contribution is -2.56. The fourth-order valence-electron chi connectivity index (χ4n) is 2.48. The number of amides is 3. The molecule has 0 aromatic heterocycles. The lowest BCUT2D eigenvalue weighted by atomic mass is 10.1. The highest BCUT2D eigenvalue weighted by molar-refractivity contribution is 5.94. The van der Waals surface area contributed by atoms with E-state index in [0.717, 1.165) is 0 Å². The van der Waals surface area contributed by atoms with Crippen molar-refractivity contribution < 1.29 is 29.4 Å². The summed E-state index contributed by atoms with van der Waals surface area (Å²) in [7, 11) is 0. The smallest absolute Gasteiger partial charge is 0.325 e. The molecule has 6 N–H and O–H groups in total. The van der Waals surface area contributed by atoms with E-state index in [9.17, 15) is 24.3 Å². The molecule has 25 heavy (non-hydrogen) atoms. The molecular formula is C15H26N4O6. The molecule has 5 unspecified atom stereocenters. The van der Waals surface area contributed by atoms with Gasteiger partial charge in [-0.25, -0.2) is 0 Å². The topological polar surface area (TPSA) is 162 Å². The summed E-state index contributed by atoms with van der Waals surface area (Å²) in [5.41, 5.74) is 5.64. The van der Waals surface area contributed by atoms with Crippen molar-refractivity contribution in [2.45, 2.75) is 63.9 Å². The van der Waals surface area contributed by atoms with Crippen LogP contribution in [0, 0.1) is 0 Å². The average Bonchev–Trinajstić information content (AvgIpc) is 3.02. The van der Waals surface area contributed by atoms with Crippen molar-refractivity contribution in [2.24, 2.45) is 5.73 Å². The first kappa shape index (κ1) is 20.8. The fraction of sp³-hybridized carbons (Fsp3) is 0.733. The molecule has 1 heterocycles. The van der Waals surface area contributed by atoms with Gasteiger partial charge < -0.3 is 31.5 Å². The number of carboxylic acids is 1. The number of carbonyl (C=O) groups excluding carboxylic acids is 3. The van der Waals surface area contributed by atoms with Crippen LogP contribution in [0.1, 0.15) is 33.6 Å². The summed E-state index contributed by atoms with van der Waals surface area (Å²) in [4.78, 5) is 48.6. The number of hydrogen-bond acceptors (Lipinski definition) is 6. The Hall–Kier alpha value is -2.20. The van der Waals surface area contributed by atoms with Gasteiger partial charge in [-0.15, -0.1) is 0 Å². The number of aliphatic hydroxyl groups excluding tert-OH is 1. The second-order valence-corrected chi connectivity index (χ2v) is 6.25. The van der Waals surface area contributed by atoms with E-state index in [1.807, 2.05) is 0 Å². The maximum Gasteiger partial charge on any atom is 0.325 e. The van der Waals surface area contributed by atoms with Gasteiger partial charge in [0.05, 0.1) is 6.10 Å². The Labute approximate surface area is 145 Å². The van der Waals surface area contributed by atoms with Gasteiger partial charge >= 0.3 is 5.97 Å². The third-order valence-electron chi connectivity index (χ3n) is 4.12. The quantitative estimate of drug-likeness (QED) is 0.344. The van der Waals surface area contributed by atoms with Crippen molar-refractivity contribution in [3.8, 4) is 0 Å². The molecule has 10 heteroatoms. The summed E-state index contributed by atoms with van der Waals surface area (Å²) >= 11 is 0. The maximum absolute atomic E-state index is 12.4. The zero-order chi connectivity index (χ0) is 19.3. The summed E-state index contributed by atoms with van der Waals surface area (Å²) in [5, 5.41) is 23.0. The van der Waals surface area contributed by atoms with Crippen LogP contribution in [-0.4, -0.2) is 75.6 Å². The Morgan fingerprint density at radius 1 is 1.12 bits per heavy atom. The minimum atomic E-state index is -1.19. The van der Waals surface area contributed by atoms with E-state index in [2.05, 4.69) is 10.6 Å². The van der Waals surface area contributed by atoms with Gasteiger partial charge in [0.15, 0.2) is 0 Å². The lowest BCUT2D eigenvalue weighted by Gasteiger charge is -2.28. The number of rotatable bonds is 7. The number of nitrogens with one attached hydrogen (secondary N) is 2. The Kier molecular flexibility index (Phi) is 7.31. The second kappa shape index (κ2) is 8.77. The van der Waals surface area contributed by atoms with Crippen LogP contribution in [-0.2, 0) is 19.2 Å². The predicted molar refractivity (Wildman–Crippen MR) is 87.2 cm³/mol. The molecule has 0 saturated carbocycles. The summed E-state index contributed by atoms with van der Waals surface area (Å²) < 4.78 is 0. The maximum atomic E-state index is 12.4. The van der Waals surface area contributed by atoms with E-state index in [-0.39, 0.29) is 0 Å². The Morgan fingerprint density at radius 3 is 2.24 bits per heavy atom. The number of likely N-dealkylation sites (tertiary alicyclic amines) is 1. The average molecular weight is 358 g/mol. The van der Waals surface area contributed by atoms with E-state index in [1.54, 1.807) is 0 Å². The number of nitrogens with two attached hydrogens (primary N) is 1. The van der Waals surface area contributed by atoms with Crippen LogP contribution in [0.4, 0.5) is 0 Å². The van der Waals surface area contributed by atoms with E-state index in [1.165, 1.54) is 25.7 Å². The fourth-order valence-corrected chi connectivity index (χ4v) is 2.48. The highest BCUT2D eigenvalue weighted by atomic mass is 16.4. The van der Waals surface area contributed by atoms with Crippen molar-refractivity contribution in [1.29, 1.82) is 0 Å². The van der Waals surface area contributed by atoms with Gasteiger partial charge in [0.25, 0.3) is 0 Å². The summed E-state index contributed by atoms with van der Waals surface area (Å²) in [6.45, 7) is 4.46. The number of carbonyl (C=O) groups is 4. The van der Waals surface area contributed by atoms with Gasteiger partial charge in [-0.3, -0.25) is 19.2 Å². The predicted octanol–water partition coefficient (Wildman–Crippen LogP) is -2.22. The number of nitrogens with zero attached hydrogens (tertiary/aromatic N) is 1. The molecule has 0 radical (unpaired) electrons. The van der Waals surface area contributed by atoms with Crippen LogP contribution in [0.25, 0.3) is 0 Å². The first-order valence-electron chi connectivity index (χ1n) is 8.14. The molecule has 0 bridgehead atoms. The van der Waals surface area contributed by atoms with Crippen LogP contribution in [0.3, 0.4) is 0 Å². The summed E-state index contributed by atoms with van der Waals surface area (Å²) in [6, 6.07) is -3.94. The third kappa shape index (κ3) is 5.40. The minimum Gasteiger partial charge on any atom is -0.480 e. The normalized spacial score (nSPS) is 21.8. The molecule has 0 aromatic carbocycles. The minimum absolute atomic E-state index is 0.341. The number of carboxylic acid groups (broad SMARTS) is 1. The van der Waals surface area contributed by atoms with Gasteiger partial charge in [0.1, 0.15) is 24.2 Å². The zero-order valence-electron chi connectivity index (χ0n) is 14.6. The van der Waals surface area contributed by atoms with Crippen LogP contribution in [0.15, 0.2) is 0 Å². The molecule has 0 spiro atoms. The van der Waals surface area contributed by atoms with Crippen molar-refractivity contribution in [1.82, 2.24) is 15.5 Å². The molecule has 5 atom stereocenters. The van der Waals surface area contributed by atoms with Crippen molar-refractivity contribution in [3.05, 3.63) is 0 Å².